The van der Waals surface area contributed by atoms with Crippen LogP contribution in [0.15, 0.2) is 104 Å². The minimum atomic E-state index is -0.997. The number of hydrogen-bond donors (Lipinski definition) is 3. The van der Waals surface area contributed by atoms with E-state index in [1.807, 2.05) is 42.5 Å². The van der Waals surface area contributed by atoms with Gasteiger partial charge in [-0.2, -0.15) is 0 Å². The number of nitrogens with zero attached hydrogens (tertiary/aromatic N) is 2. The topological polar surface area (TPSA) is 186 Å². The highest BCUT2D eigenvalue weighted by molar-refractivity contribution is 5.98. The first-order valence-corrected chi connectivity index (χ1v) is 19.0. The molecule has 58 heavy (non-hydrogen) atoms. The molecule has 0 bridgehead atoms. The maximum atomic E-state index is 13.6. The SMILES string of the molecule is C=C1Cc2ccccc2CN(C(=O)CCCCC(=O)N[C@H](C(=O)N[C@@H](C)C(=O)Nc2ccc(COC(=O)Oc3ccc([N+](=O)[O-])cc3)cc2)C(C)C)c2ccccc21. The van der Waals surface area contributed by atoms with Crippen molar-refractivity contribution in [3.63, 3.8) is 0 Å². The van der Waals surface area contributed by atoms with Gasteiger partial charge in [0.1, 0.15) is 24.4 Å². The number of carbonyl (C=O) groups excluding carboxylic acids is 5. The summed E-state index contributed by atoms with van der Waals surface area (Å²) in [6.07, 6.45) is 1.00. The summed E-state index contributed by atoms with van der Waals surface area (Å²) in [4.78, 5) is 76.8. The molecule has 3 N–H and O–H groups in total. The third-order valence-corrected chi connectivity index (χ3v) is 9.62. The molecule has 14 heteroatoms. The van der Waals surface area contributed by atoms with Crippen molar-refractivity contribution in [2.45, 2.75) is 78.1 Å². The molecule has 0 aromatic heterocycles. The van der Waals surface area contributed by atoms with Gasteiger partial charge in [-0.1, -0.05) is 75.0 Å². The normalized spacial score (nSPS) is 13.1. The van der Waals surface area contributed by atoms with Crippen LogP contribution in [0.3, 0.4) is 0 Å². The summed E-state index contributed by atoms with van der Waals surface area (Å²) in [5.41, 5.74) is 5.79. The minimum absolute atomic E-state index is 0.0469. The summed E-state index contributed by atoms with van der Waals surface area (Å²) in [6.45, 7) is 9.73. The number of anilines is 2. The maximum Gasteiger partial charge on any atom is 0.514 e. The van der Waals surface area contributed by atoms with Gasteiger partial charge in [0.15, 0.2) is 0 Å². The van der Waals surface area contributed by atoms with Gasteiger partial charge in [0, 0.05) is 36.2 Å². The quantitative estimate of drug-likeness (QED) is 0.0367. The molecule has 1 aliphatic rings. The Morgan fingerprint density at radius 1 is 0.810 bits per heavy atom. The van der Waals surface area contributed by atoms with Gasteiger partial charge < -0.3 is 30.3 Å². The largest absolute Gasteiger partial charge is 0.514 e. The van der Waals surface area contributed by atoms with E-state index in [1.54, 1.807) is 43.0 Å². The lowest BCUT2D eigenvalue weighted by Gasteiger charge is -2.29. The molecule has 2 atom stereocenters. The lowest BCUT2D eigenvalue weighted by molar-refractivity contribution is -0.384. The molecule has 4 aromatic carbocycles. The highest BCUT2D eigenvalue weighted by Gasteiger charge is 2.28. The molecule has 1 heterocycles. The number of nitro benzene ring substituents is 1. The number of allylic oxidation sites excluding steroid dienone is 1. The predicted octanol–water partition coefficient (Wildman–Crippen LogP) is 7.26. The molecule has 1 aliphatic heterocycles. The van der Waals surface area contributed by atoms with Crippen LogP contribution in [0.25, 0.3) is 5.57 Å². The zero-order chi connectivity index (χ0) is 41.8. The van der Waals surface area contributed by atoms with Crippen molar-refractivity contribution in [2.75, 3.05) is 10.2 Å². The summed E-state index contributed by atoms with van der Waals surface area (Å²) in [5, 5.41) is 19.0. The molecule has 14 nitrogen and oxygen atoms in total. The lowest BCUT2D eigenvalue weighted by Crippen LogP contribution is -2.53. The zero-order valence-corrected chi connectivity index (χ0v) is 32.7. The average molecular weight is 790 g/mol. The van der Waals surface area contributed by atoms with E-state index in [1.165, 1.54) is 31.2 Å². The fourth-order valence-electron chi connectivity index (χ4n) is 6.38. The Kier molecular flexibility index (Phi) is 14.5. The zero-order valence-electron chi connectivity index (χ0n) is 32.7. The van der Waals surface area contributed by atoms with Gasteiger partial charge in [0.2, 0.25) is 23.6 Å². The molecule has 4 amide bonds. The summed E-state index contributed by atoms with van der Waals surface area (Å²) in [5.74, 6) is -1.56. The molecular weight excluding hydrogens is 743 g/mol. The van der Waals surface area contributed by atoms with Crippen molar-refractivity contribution in [2.24, 2.45) is 5.92 Å². The van der Waals surface area contributed by atoms with Crippen LogP contribution in [0.1, 0.15) is 68.7 Å². The number of hydrogen-bond acceptors (Lipinski definition) is 9. The van der Waals surface area contributed by atoms with Crippen molar-refractivity contribution in [3.8, 4) is 5.75 Å². The molecule has 0 saturated heterocycles. The van der Waals surface area contributed by atoms with Crippen molar-refractivity contribution < 1.29 is 38.4 Å². The van der Waals surface area contributed by atoms with Crippen LogP contribution in [0.5, 0.6) is 5.75 Å². The number of amides is 4. The van der Waals surface area contributed by atoms with Crippen molar-refractivity contribution in [1.29, 1.82) is 0 Å². The Morgan fingerprint density at radius 2 is 1.47 bits per heavy atom. The van der Waals surface area contributed by atoms with Gasteiger partial charge in [-0.05, 0) is 84.7 Å². The molecule has 0 fully saturated rings. The Bertz CT molecular complexity index is 2150. The summed E-state index contributed by atoms with van der Waals surface area (Å²) < 4.78 is 10.1. The predicted molar refractivity (Wildman–Crippen MR) is 219 cm³/mol. The number of unbranched alkanes of at least 4 members (excludes halogenated alkanes) is 1. The summed E-state index contributed by atoms with van der Waals surface area (Å²) >= 11 is 0. The van der Waals surface area contributed by atoms with Crippen LogP contribution >= 0.6 is 0 Å². The van der Waals surface area contributed by atoms with Gasteiger partial charge in [-0.25, -0.2) is 4.79 Å². The maximum absolute atomic E-state index is 13.6. The van der Waals surface area contributed by atoms with Crippen LogP contribution in [0.2, 0.25) is 0 Å². The second-order valence-electron chi connectivity index (χ2n) is 14.4. The van der Waals surface area contributed by atoms with Crippen LogP contribution in [-0.4, -0.2) is 46.8 Å². The van der Waals surface area contributed by atoms with Crippen LogP contribution < -0.4 is 25.6 Å². The first kappa shape index (κ1) is 42.3. The van der Waals surface area contributed by atoms with Gasteiger partial charge >= 0.3 is 6.16 Å². The number of para-hydroxylation sites is 1. The number of non-ortho nitro benzene ring substituents is 1. The highest BCUT2D eigenvalue weighted by atomic mass is 16.7. The Balaban J connectivity index is 1.04. The fraction of sp³-hybridized carbons (Fsp3) is 0.295. The monoisotopic (exact) mass is 789 g/mol. The van der Waals surface area contributed by atoms with E-state index in [9.17, 15) is 34.1 Å². The Morgan fingerprint density at radius 3 is 2.16 bits per heavy atom. The van der Waals surface area contributed by atoms with Crippen LogP contribution in [0.4, 0.5) is 21.9 Å². The molecule has 5 rings (SSSR count). The first-order chi connectivity index (χ1) is 27.8. The molecule has 0 aliphatic carbocycles. The standard InChI is InChI=1S/C44H47N5O9/c1-28(2)41(47-39(50)15-9-10-16-40(51)48-26-33-12-6-5-11-32(33)25-29(3)37-13-7-8-14-38(37)48)43(53)45-30(4)42(52)46-34-19-17-31(18-20-34)27-57-44(54)58-36-23-21-35(22-24-36)49(55)56/h5-8,11-14,17-24,28,30,41H,3,9-10,15-16,25-27H2,1-2,4H3,(H,45,53)(H,46,52)(H,47,50)/t30-,41-/m0/s1. The fourth-order valence-corrected chi connectivity index (χ4v) is 6.38. The van der Waals surface area contributed by atoms with Crippen LogP contribution in [-0.2, 0) is 43.5 Å². The van der Waals surface area contributed by atoms with E-state index >= 15 is 0 Å². The van der Waals surface area contributed by atoms with E-state index < -0.39 is 35.0 Å². The van der Waals surface area contributed by atoms with Gasteiger partial charge in [0.05, 0.1) is 17.2 Å². The number of carbonyl (C=O) groups is 5. The molecule has 302 valence electrons. The number of rotatable bonds is 15. The van der Waals surface area contributed by atoms with Gasteiger partial charge in [-0.15, -0.1) is 0 Å². The molecule has 0 radical (unpaired) electrons. The second kappa shape index (κ2) is 19.9. The van der Waals surface area contributed by atoms with E-state index in [0.717, 1.165) is 28.0 Å². The second-order valence-corrected chi connectivity index (χ2v) is 14.4. The number of ether oxygens (including phenoxy) is 2. The molecule has 4 aromatic rings. The summed E-state index contributed by atoms with van der Waals surface area (Å²) in [7, 11) is 0. The number of nitrogens with one attached hydrogen (secondary N) is 3. The smallest absolute Gasteiger partial charge is 0.429 e. The third-order valence-electron chi connectivity index (χ3n) is 9.62. The third kappa shape index (κ3) is 11.6. The Hall–Kier alpha value is -6.83. The minimum Gasteiger partial charge on any atom is -0.429 e. The van der Waals surface area contributed by atoms with Crippen LogP contribution in [0, 0.1) is 16.0 Å². The summed E-state index contributed by atoms with van der Waals surface area (Å²) in [6, 6.07) is 25.4. The first-order valence-electron chi connectivity index (χ1n) is 19.0. The number of fused-ring (bicyclic) bond motifs is 2. The molecule has 0 saturated carbocycles. The Labute approximate surface area is 336 Å². The van der Waals surface area contributed by atoms with E-state index in [-0.39, 0.29) is 48.6 Å². The van der Waals surface area contributed by atoms with E-state index in [2.05, 4.69) is 28.6 Å². The highest BCUT2D eigenvalue weighted by Crippen LogP contribution is 2.34. The van der Waals surface area contributed by atoms with Gasteiger partial charge in [0.25, 0.3) is 5.69 Å². The average Bonchev–Trinajstić information content (AvgIpc) is 3.20. The molecule has 0 spiro atoms. The van der Waals surface area contributed by atoms with Crippen molar-refractivity contribution in [1.82, 2.24) is 10.6 Å². The molecule has 0 unspecified atom stereocenters. The van der Waals surface area contributed by atoms with Gasteiger partial charge in [-0.3, -0.25) is 29.3 Å². The number of nitro groups is 1. The van der Waals surface area contributed by atoms with E-state index in [4.69, 9.17) is 9.47 Å². The van der Waals surface area contributed by atoms with Crippen molar-refractivity contribution in [3.05, 3.63) is 136 Å². The number of benzene rings is 4. The lowest BCUT2D eigenvalue weighted by atomic mass is 9.92. The van der Waals surface area contributed by atoms with E-state index in [0.29, 0.717) is 37.1 Å². The molecular formula is C44H47N5O9. The van der Waals surface area contributed by atoms with Crippen molar-refractivity contribution >= 4 is 52.4 Å².